The van der Waals surface area contributed by atoms with Crippen molar-refractivity contribution in [1.82, 2.24) is 19.9 Å². The summed E-state index contributed by atoms with van der Waals surface area (Å²) in [7, 11) is 0. The molecule has 4 heterocycles. The number of hydrogen-bond acceptors (Lipinski definition) is 4. The van der Waals surface area contributed by atoms with Crippen LogP contribution in [0.25, 0.3) is 77.8 Å². The van der Waals surface area contributed by atoms with Crippen LogP contribution in [-0.2, 0) is 0 Å². The molecule has 0 amide bonds. The lowest BCUT2D eigenvalue weighted by Gasteiger charge is -2.12. The molecular formula is C40H26N4. The zero-order valence-corrected chi connectivity index (χ0v) is 23.8. The van der Waals surface area contributed by atoms with E-state index in [-0.39, 0.29) is 0 Å². The normalized spacial score (nSPS) is 11.2. The van der Waals surface area contributed by atoms with Crippen LogP contribution in [0.5, 0.6) is 0 Å². The lowest BCUT2D eigenvalue weighted by molar-refractivity contribution is 1.23. The Kier molecular flexibility index (Phi) is 6.43. The van der Waals surface area contributed by atoms with Gasteiger partial charge in [-0.05, 0) is 80.7 Å². The Bertz CT molecular complexity index is 2260. The molecule has 4 aromatic heterocycles. The minimum Gasteiger partial charge on any atom is -0.255 e. The average molecular weight is 563 g/mol. The number of hydrogen-bond donors (Lipinski definition) is 0. The molecule has 8 rings (SSSR count). The van der Waals surface area contributed by atoms with Crippen LogP contribution in [0.15, 0.2) is 158 Å². The molecule has 0 unspecified atom stereocenters. The molecule has 0 N–H and O–H groups in total. The highest BCUT2D eigenvalue weighted by Gasteiger charge is 2.13. The van der Waals surface area contributed by atoms with Crippen LogP contribution in [0.3, 0.4) is 0 Å². The van der Waals surface area contributed by atoms with Crippen molar-refractivity contribution in [2.24, 2.45) is 0 Å². The van der Waals surface area contributed by atoms with Gasteiger partial charge in [0.2, 0.25) is 0 Å². The molecule has 0 spiro atoms. The topological polar surface area (TPSA) is 51.6 Å². The summed E-state index contributed by atoms with van der Waals surface area (Å²) in [6, 6.07) is 48.1. The van der Waals surface area contributed by atoms with Crippen LogP contribution in [-0.4, -0.2) is 19.9 Å². The van der Waals surface area contributed by atoms with E-state index in [0.717, 1.165) is 50.7 Å². The molecule has 0 saturated carbocycles. The van der Waals surface area contributed by atoms with Gasteiger partial charge in [-0.15, -0.1) is 0 Å². The van der Waals surface area contributed by atoms with Crippen molar-refractivity contribution >= 4 is 21.5 Å². The average Bonchev–Trinajstić information content (AvgIpc) is 3.11. The van der Waals surface area contributed by atoms with Crippen LogP contribution in [0.2, 0.25) is 0 Å². The third kappa shape index (κ3) is 4.79. The molecule has 0 radical (unpaired) electrons. The summed E-state index contributed by atoms with van der Waals surface area (Å²) in [5, 5.41) is 4.83. The highest BCUT2D eigenvalue weighted by Crippen LogP contribution is 2.35. The fourth-order valence-corrected chi connectivity index (χ4v) is 5.87. The van der Waals surface area contributed by atoms with Crippen molar-refractivity contribution in [1.29, 1.82) is 0 Å². The summed E-state index contributed by atoms with van der Waals surface area (Å²) in [4.78, 5) is 19.2. The molecule has 0 aliphatic carbocycles. The lowest BCUT2D eigenvalue weighted by Crippen LogP contribution is -1.94. The number of rotatable bonds is 5. The number of aromatic nitrogens is 4. The minimum atomic E-state index is 0.795. The number of nitrogens with zero attached hydrogens (tertiary/aromatic N) is 4. The second-order valence-corrected chi connectivity index (χ2v) is 10.8. The highest BCUT2D eigenvalue weighted by atomic mass is 14.8. The SMILES string of the molecule is c1ccc(-c2cc(-c3cccc4ccccc34)cc(-c3ccnc(-c4ccc(-c5cccc6ccccc56)cn4)c3)n2)nc1. The molecular weight excluding hydrogens is 536 g/mol. The highest BCUT2D eigenvalue weighted by molar-refractivity contribution is 5.98. The van der Waals surface area contributed by atoms with Crippen molar-refractivity contribution in [3.8, 4) is 56.3 Å². The van der Waals surface area contributed by atoms with E-state index in [4.69, 9.17) is 9.97 Å². The first-order valence-electron chi connectivity index (χ1n) is 14.6. The van der Waals surface area contributed by atoms with Crippen LogP contribution in [0, 0.1) is 0 Å². The molecule has 0 fully saturated rings. The first kappa shape index (κ1) is 25.7. The summed E-state index contributed by atoms with van der Waals surface area (Å²) >= 11 is 0. The van der Waals surface area contributed by atoms with Gasteiger partial charge in [0.1, 0.15) is 0 Å². The Morgan fingerprint density at radius 2 is 0.955 bits per heavy atom. The van der Waals surface area contributed by atoms with Crippen LogP contribution < -0.4 is 0 Å². The van der Waals surface area contributed by atoms with Crippen molar-refractivity contribution in [2.45, 2.75) is 0 Å². The van der Waals surface area contributed by atoms with Gasteiger partial charge in [-0.1, -0.05) is 97.1 Å². The monoisotopic (exact) mass is 562 g/mol. The quantitative estimate of drug-likeness (QED) is 0.209. The zero-order valence-electron chi connectivity index (χ0n) is 23.8. The molecule has 0 aliphatic heterocycles. The lowest BCUT2D eigenvalue weighted by atomic mass is 9.96. The maximum Gasteiger partial charge on any atom is 0.0899 e. The minimum absolute atomic E-state index is 0.795. The van der Waals surface area contributed by atoms with Crippen LogP contribution in [0.1, 0.15) is 0 Å². The van der Waals surface area contributed by atoms with Crippen molar-refractivity contribution in [3.63, 3.8) is 0 Å². The van der Waals surface area contributed by atoms with Crippen molar-refractivity contribution < 1.29 is 0 Å². The van der Waals surface area contributed by atoms with Crippen LogP contribution >= 0.6 is 0 Å². The van der Waals surface area contributed by atoms with E-state index in [1.165, 1.54) is 27.1 Å². The predicted octanol–water partition coefficient (Wildman–Crippen LogP) is 9.91. The third-order valence-corrected chi connectivity index (χ3v) is 8.04. The molecule has 4 heteroatoms. The fraction of sp³-hybridized carbons (Fsp3) is 0. The van der Waals surface area contributed by atoms with Crippen molar-refractivity contribution in [2.75, 3.05) is 0 Å². The number of fused-ring (bicyclic) bond motifs is 2. The summed E-state index contributed by atoms with van der Waals surface area (Å²) in [6.07, 6.45) is 5.57. The van der Waals surface area contributed by atoms with Gasteiger partial charge in [0, 0.05) is 29.7 Å². The first-order valence-corrected chi connectivity index (χ1v) is 14.6. The second kappa shape index (κ2) is 11.0. The smallest absolute Gasteiger partial charge is 0.0899 e. The van der Waals surface area contributed by atoms with Gasteiger partial charge < -0.3 is 0 Å². The van der Waals surface area contributed by atoms with E-state index < -0.39 is 0 Å². The van der Waals surface area contributed by atoms with E-state index >= 15 is 0 Å². The standard InChI is InChI=1S/C40H26N4/c1-3-13-32-27(9-1)11-7-15-34(32)30-18-19-37(43-26-30)39-23-29(20-22-42-39)38-24-31(25-40(44-38)36-17-5-6-21-41-36)35-16-8-12-28-10-2-4-14-33(28)35/h1-26H. The third-order valence-electron chi connectivity index (χ3n) is 8.04. The Hall–Kier alpha value is -6.00. The summed E-state index contributed by atoms with van der Waals surface area (Å²) in [6.45, 7) is 0. The molecule has 0 bridgehead atoms. The van der Waals surface area contributed by atoms with E-state index in [1.807, 2.05) is 42.7 Å². The van der Waals surface area contributed by atoms with Gasteiger partial charge in [0.15, 0.2) is 0 Å². The summed E-state index contributed by atoms with van der Waals surface area (Å²) in [5.74, 6) is 0. The molecule has 0 saturated heterocycles. The summed E-state index contributed by atoms with van der Waals surface area (Å²) < 4.78 is 0. The van der Waals surface area contributed by atoms with Crippen LogP contribution in [0.4, 0.5) is 0 Å². The molecule has 4 aromatic carbocycles. The maximum absolute atomic E-state index is 5.09. The molecule has 44 heavy (non-hydrogen) atoms. The van der Waals surface area contributed by atoms with Gasteiger partial charge in [0.05, 0.1) is 28.5 Å². The first-order chi connectivity index (χ1) is 21.8. The Labute approximate surface area is 255 Å². The van der Waals surface area contributed by atoms with E-state index in [2.05, 4.69) is 119 Å². The van der Waals surface area contributed by atoms with Gasteiger partial charge in [0.25, 0.3) is 0 Å². The van der Waals surface area contributed by atoms with E-state index in [1.54, 1.807) is 6.20 Å². The number of benzene rings is 4. The molecule has 0 aliphatic rings. The Morgan fingerprint density at radius 3 is 1.66 bits per heavy atom. The molecule has 206 valence electrons. The van der Waals surface area contributed by atoms with E-state index in [0.29, 0.717) is 0 Å². The molecule has 8 aromatic rings. The predicted molar refractivity (Wildman–Crippen MR) is 180 cm³/mol. The Morgan fingerprint density at radius 1 is 0.341 bits per heavy atom. The van der Waals surface area contributed by atoms with Gasteiger partial charge in [-0.2, -0.15) is 0 Å². The van der Waals surface area contributed by atoms with Gasteiger partial charge in [-0.25, -0.2) is 4.98 Å². The fourth-order valence-electron chi connectivity index (χ4n) is 5.87. The van der Waals surface area contributed by atoms with Crippen molar-refractivity contribution in [3.05, 3.63) is 158 Å². The van der Waals surface area contributed by atoms with Gasteiger partial charge >= 0.3 is 0 Å². The molecule has 0 atom stereocenters. The second-order valence-electron chi connectivity index (χ2n) is 10.8. The largest absolute Gasteiger partial charge is 0.255 e. The maximum atomic E-state index is 5.09. The van der Waals surface area contributed by atoms with E-state index in [9.17, 15) is 0 Å². The molecule has 4 nitrogen and oxygen atoms in total. The number of pyridine rings is 4. The van der Waals surface area contributed by atoms with Gasteiger partial charge in [-0.3, -0.25) is 15.0 Å². The summed E-state index contributed by atoms with van der Waals surface area (Å²) in [5.41, 5.74) is 9.56. The Balaban J connectivity index is 1.21. The zero-order chi connectivity index (χ0) is 29.3.